The van der Waals surface area contributed by atoms with Crippen LogP contribution < -0.4 is 5.32 Å². The van der Waals surface area contributed by atoms with Gasteiger partial charge < -0.3 is 25.2 Å². The second-order valence-electron chi connectivity index (χ2n) is 6.38. The molecule has 0 aromatic carbocycles. The predicted molar refractivity (Wildman–Crippen MR) is 79.6 cm³/mol. The first-order chi connectivity index (χ1) is 9.83. The van der Waals surface area contributed by atoms with Crippen molar-refractivity contribution in [2.24, 2.45) is 17.8 Å². The first-order valence-electron chi connectivity index (χ1n) is 7.87. The Kier molecular flexibility index (Phi) is 30.5. The van der Waals surface area contributed by atoms with Crippen molar-refractivity contribution in [3.05, 3.63) is 0 Å². The summed E-state index contributed by atoms with van der Waals surface area (Å²) < 4.78 is 5.43. The van der Waals surface area contributed by atoms with Crippen LogP contribution in [0.1, 0.15) is 34.1 Å². The maximum atomic E-state index is 9.95. The SMILES string of the molecule is CC[C@@H](C)[C@@H](C)[C@@H](C)CN[C@@H]1OC(CO)[C@H](O)C(O)C1O.[Ac].[Ac].[Ac].[Ac]. The van der Waals surface area contributed by atoms with Crippen molar-refractivity contribution >= 4 is 0 Å². The molecule has 0 amide bonds. The molecule has 1 rings (SSSR count). The molecule has 6 nitrogen and oxygen atoms in total. The van der Waals surface area contributed by atoms with E-state index >= 15 is 0 Å². The molecule has 0 saturated carbocycles. The summed E-state index contributed by atoms with van der Waals surface area (Å²) in [5.74, 6) is 1.51. The van der Waals surface area contributed by atoms with Gasteiger partial charge in [0, 0.05) is 183 Å². The Morgan fingerprint density at radius 2 is 1.40 bits per heavy atom. The minimum atomic E-state index is -1.32. The largest absolute Gasteiger partial charge is 0.394 e. The second-order valence-corrected chi connectivity index (χ2v) is 6.38. The molecule has 0 aromatic heterocycles. The van der Waals surface area contributed by atoms with Gasteiger partial charge in [-0.15, -0.1) is 0 Å². The summed E-state index contributed by atoms with van der Waals surface area (Å²) in [6.45, 7) is 8.95. The summed E-state index contributed by atoms with van der Waals surface area (Å²) in [5.41, 5.74) is 0. The van der Waals surface area contributed by atoms with Crippen LogP contribution in [0, 0.1) is 194 Å². The predicted octanol–water partition coefficient (Wildman–Crippen LogP) is -0.306. The molecule has 5 N–H and O–H groups in total. The van der Waals surface area contributed by atoms with E-state index in [0.29, 0.717) is 24.3 Å². The Balaban J connectivity index is -0.000000551. The normalized spacial score (nSPS) is 31.9. The monoisotopic (exact) mass is 1210 g/mol. The van der Waals surface area contributed by atoms with Crippen molar-refractivity contribution < 1.29 is 201 Å². The fourth-order valence-electron chi connectivity index (χ4n) is 2.69. The number of aliphatic hydroxyl groups is 4. The van der Waals surface area contributed by atoms with Gasteiger partial charge in [0.25, 0.3) is 0 Å². The Bertz CT molecular complexity index is 318. The van der Waals surface area contributed by atoms with Gasteiger partial charge >= 0.3 is 0 Å². The third-order valence-corrected chi connectivity index (χ3v) is 4.97. The molecule has 0 spiro atoms. The van der Waals surface area contributed by atoms with Gasteiger partial charge in [-0.2, -0.15) is 0 Å². The van der Waals surface area contributed by atoms with E-state index < -0.39 is 37.3 Å². The third-order valence-electron chi connectivity index (χ3n) is 4.97. The average Bonchev–Trinajstić information content (AvgIpc) is 2.50. The van der Waals surface area contributed by atoms with E-state index in [2.05, 4.69) is 33.0 Å². The van der Waals surface area contributed by atoms with Gasteiger partial charge in [0.1, 0.15) is 30.6 Å². The van der Waals surface area contributed by atoms with E-state index in [1.165, 1.54) is 0 Å². The van der Waals surface area contributed by atoms with E-state index in [9.17, 15) is 15.3 Å². The quantitative estimate of drug-likeness (QED) is 0.241. The van der Waals surface area contributed by atoms with Crippen LogP contribution in [0.3, 0.4) is 0 Å². The average molecular weight is 1210 g/mol. The standard InChI is InChI=1S/C15H31NO5.4Ac/c1-5-8(2)10(4)9(3)6-16-15-14(20)13(19)12(18)11(7-17)21-15;;;;/h8-20H,5-7H2,1-4H3;;;;/t8-,9+,10-,11?,12+,13?,14?,15-;;;;/m1..../s1. The summed E-state index contributed by atoms with van der Waals surface area (Å²) in [5, 5.41) is 41.6. The molecular weight excluding hydrogens is 1180 g/mol. The molecule has 0 aliphatic carbocycles. The summed E-state index contributed by atoms with van der Waals surface area (Å²) in [4.78, 5) is 0. The molecule has 8 atom stereocenters. The van der Waals surface area contributed by atoms with Crippen LogP contribution in [-0.4, -0.2) is 64.2 Å². The minimum Gasteiger partial charge on any atom is -0.394 e. The van der Waals surface area contributed by atoms with E-state index in [-0.39, 0.29) is 176 Å². The summed E-state index contributed by atoms with van der Waals surface area (Å²) in [7, 11) is 0. The van der Waals surface area contributed by atoms with Crippen molar-refractivity contribution in [2.45, 2.75) is 64.8 Å². The van der Waals surface area contributed by atoms with Crippen LogP contribution in [0.2, 0.25) is 0 Å². The first kappa shape index (κ1) is 37.8. The summed E-state index contributed by atoms with van der Waals surface area (Å²) in [6, 6.07) is 0. The Labute approximate surface area is 295 Å². The maximum Gasteiger partial charge on any atom is 0.137 e. The molecule has 1 heterocycles. The molecule has 1 fully saturated rings. The first-order valence-corrected chi connectivity index (χ1v) is 7.87. The van der Waals surface area contributed by atoms with Gasteiger partial charge in [-0.05, 0) is 17.8 Å². The van der Waals surface area contributed by atoms with Gasteiger partial charge in [-0.3, -0.25) is 5.32 Å². The van der Waals surface area contributed by atoms with Gasteiger partial charge in [-0.1, -0.05) is 34.1 Å². The van der Waals surface area contributed by atoms with Crippen molar-refractivity contribution in [3.63, 3.8) is 0 Å². The van der Waals surface area contributed by atoms with E-state index in [1.807, 2.05) is 0 Å². The van der Waals surface area contributed by atoms with Crippen molar-refractivity contribution in [1.29, 1.82) is 0 Å². The van der Waals surface area contributed by atoms with Gasteiger partial charge in [0.2, 0.25) is 0 Å². The molecule has 1 saturated heterocycles. The number of hydrogen-bond acceptors (Lipinski definition) is 6. The minimum absolute atomic E-state index is 0. The molecule has 4 radical (unpaired) electrons. The van der Waals surface area contributed by atoms with E-state index in [4.69, 9.17) is 9.84 Å². The van der Waals surface area contributed by atoms with E-state index in [0.717, 1.165) is 6.42 Å². The summed E-state index contributed by atoms with van der Waals surface area (Å²) in [6.07, 6.45) is -4.37. The zero-order valence-corrected chi connectivity index (χ0v) is 34.7. The molecule has 138 valence electrons. The molecule has 0 aromatic rings. The number of aliphatic hydroxyl groups excluding tert-OH is 4. The van der Waals surface area contributed by atoms with E-state index in [1.54, 1.807) is 0 Å². The van der Waals surface area contributed by atoms with Crippen LogP contribution in [0.4, 0.5) is 0 Å². The molecule has 3 unspecified atom stereocenters. The summed E-state index contributed by atoms with van der Waals surface area (Å²) >= 11 is 0. The maximum absolute atomic E-state index is 9.95. The van der Waals surface area contributed by atoms with Crippen LogP contribution in [0.25, 0.3) is 0 Å². The molecule has 0 bridgehead atoms. The fourth-order valence-corrected chi connectivity index (χ4v) is 2.69. The van der Waals surface area contributed by atoms with Crippen molar-refractivity contribution in [2.75, 3.05) is 13.2 Å². The van der Waals surface area contributed by atoms with Crippen molar-refractivity contribution in [3.8, 4) is 0 Å². The van der Waals surface area contributed by atoms with Gasteiger partial charge in [-0.25, -0.2) is 0 Å². The zero-order valence-electron chi connectivity index (χ0n) is 15.7. The van der Waals surface area contributed by atoms with Gasteiger partial charge in [0.05, 0.1) is 6.61 Å². The zero-order chi connectivity index (χ0) is 16.2. The number of ether oxygens (including phenoxy) is 1. The van der Waals surface area contributed by atoms with Crippen LogP contribution in [0.15, 0.2) is 0 Å². The Morgan fingerprint density at radius 3 is 1.84 bits per heavy atom. The third kappa shape index (κ3) is 12.4. The number of nitrogens with one attached hydrogen (secondary N) is 1. The Hall–Kier alpha value is 5.53. The Morgan fingerprint density at radius 1 is 0.880 bits per heavy atom. The molecule has 1 aliphatic heterocycles. The number of rotatable bonds is 7. The van der Waals surface area contributed by atoms with Crippen LogP contribution in [0.5, 0.6) is 0 Å². The molecular formula is C15H31Ac4NO5. The van der Waals surface area contributed by atoms with Crippen LogP contribution in [-0.2, 0) is 4.74 Å². The smallest absolute Gasteiger partial charge is 0.137 e. The topological polar surface area (TPSA) is 102 Å². The van der Waals surface area contributed by atoms with Crippen LogP contribution >= 0.6 is 0 Å². The fraction of sp³-hybridized carbons (Fsp3) is 1.00. The van der Waals surface area contributed by atoms with Crippen molar-refractivity contribution in [1.82, 2.24) is 5.32 Å². The number of hydrogen-bond donors (Lipinski definition) is 5. The molecule has 1 aliphatic rings. The molecule has 25 heavy (non-hydrogen) atoms. The van der Waals surface area contributed by atoms with Gasteiger partial charge in [0.15, 0.2) is 0 Å². The second kappa shape index (κ2) is 20.2. The molecule has 10 heteroatoms.